The van der Waals surface area contributed by atoms with Gasteiger partial charge in [-0.15, -0.1) is 0 Å². The van der Waals surface area contributed by atoms with Crippen molar-refractivity contribution in [2.24, 2.45) is 13.0 Å². The predicted octanol–water partition coefficient (Wildman–Crippen LogP) is 1.74. The topological polar surface area (TPSA) is 105 Å². The minimum Gasteiger partial charge on any atom is -0.354 e. The van der Waals surface area contributed by atoms with Crippen LogP contribution in [0, 0.1) is 5.92 Å². The molecule has 2 aliphatic heterocycles. The summed E-state index contributed by atoms with van der Waals surface area (Å²) in [5, 5.41) is 6.21. The van der Waals surface area contributed by atoms with Crippen LogP contribution in [0.4, 0.5) is 5.82 Å². The molecule has 9 heteroatoms. The second-order valence-corrected chi connectivity index (χ2v) is 9.09. The summed E-state index contributed by atoms with van der Waals surface area (Å²) in [4.78, 5) is 40.9. The number of nitrogens with one attached hydrogen (secondary N) is 2. The van der Waals surface area contributed by atoms with Gasteiger partial charge in [-0.05, 0) is 43.2 Å². The van der Waals surface area contributed by atoms with Crippen LogP contribution >= 0.6 is 0 Å². The minimum atomic E-state index is -0.325. The van der Waals surface area contributed by atoms with E-state index in [1.807, 2.05) is 25.2 Å². The second kappa shape index (κ2) is 7.01. The first kappa shape index (κ1) is 19.2. The third kappa shape index (κ3) is 2.95. The third-order valence-electron chi connectivity index (χ3n) is 7.04. The van der Waals surface area contributed by atoms with Crippen molar-refractivity contribution in [3.63, 3.8) is 0 Å². The van der Waals surface area contributed by atoms with Gasteiger partial charge in [-0.25, -0.2) is 15.0 Å². The first-order valence-corrected chi connectivity index (χ1v) is 11.2. The SMILES string of the molecule is Cn1c(C(=O)NCC2CC2)nc2c(N3CCC4(CC3)NC(=O)c3ccccc34)ncnc21. The molecule has 32 heavy (non-hydrogen) atoms. The number of hydrogen-bond donors (Lipinski definition) is 2. The number of nitrogens with zero attached hydrogens (tertiary/aromatic N) is 5. The van der Waals surface area contributed by atoms with Crippen LogP contribution in [-0.4, -0.2) is 51.0 Å². The van der Waals surface area contributed by atoms with E-state index in [2.05, 4.69) is 36.6 Å². The smallest absolute Gasteiger partial charge is 0.287 e. The summed E-state index contributed by atoms with van der Waals surface area (Å²) >= 11 is 0. The van der Waals surface area contributed by atoms with Gasteiger partial charge in [0, 0.05) is 32.2 Å². The molecule has 3 aliphatic rings. The predicted molar refractivity (Wildman–Crippen MR) is 118 cm³/mol. The summed E-state index contributed by atoms with van der Waals surface area (Å²) in [5.74, 6) is 1.52. The Morgan fingerprint density at radius 2 is 2.00 bits per heavy atom. The summed E-state index contributed by atoms with van der Waals surface area (Å²) in [7, 11) is 1.81. The van der Waals surface area contributed by atoms with Crippen molar-refractivity contribution in [1.82, 2.24) is 30.2 Å². The van der Waals surface area contributed by atoms with Crippen LogP contribution in [0.2, 0.25) is 0 Å². The van der Waals surface area contributed by atoms with Crippen molar-refractivity contribution >= 4 is 28.8 Å². The molecule has 4 heterocycles. The lowest BCUT2D eigenvalue weighted by molar-refractivity contribution is 0.0914. The van der Waals surface area contributed by atoms with Crippen LogP contribution in [0.5, 0.6) is 0 Å². The number of aryl methyl sites for hydroxylation is 1. The lowest BCUT2D eigenvalue weighted by atomic mass is 9.82. The van der Waals surface area contributed by atoms with Crippen LogP contribution < -0.4 is 15.5 Å². The number of carbonyl (C=O) groups excluding carboxylic acids is 2. The molecule has 0 bridgehead atoms. The molecule has 1 aromatic carbocycles. The Hall–Kier alpha value is -3.49. The molecule has 0 atom stereocenters. The summed E-state index contributed by atoms with van der Waals surface area (Å²) in [6, 6.07) is 7.84. The van der Waals surface area contributed by atoms with Gasteiger partial charge in [0.05, 0.1) is 5.54 Å². The third-order valence-corrected chi connectivity index (χ3v) is 7.04. The average molecular weight is 432 g/mol. The van der Waals surface area contributed by atoms with E-state index in [1.165, 1.54) is 19.2 Å². The van der Waals surface area contributed by atoms with Crippen molar-refractivity contribution in [3.05, 3.63) is 47.5 Å². The van der Waals surface area contributed by atoms with Crippen LogP contribution in [0.1, 0.15) is 52.2 Å². The maximum Gasteiger partial charge on any atom is 0.287 e. The van der Waals surface area contributed by atoms with Crippen LogP contribution in [0.25, 0.3) is 11.2 Å². The van der Waals surface area contributed by atoms with E-state index in [0.29, 0.717) is 29.5 Å². The maximum absolute atomic E-state index is 12.7. The van der Waals surface area contributed by atoms with Crippen LogP contribution in [-0.2, 0) is 12.6 Å². The highest BCUT2D eigenvalue weighted by Crippen LogP contribution is 2.40. The van der Waals surface area contributed by atoms with Crippen LogP contribution in [0.3, 0.4) is 0 Å². The molecule has 1 saturated heterocycles. The Bertz CT molecular complexity index is 1240. The van der Waals surface area contributed by atoms with E-state index in [-0.39, 0.29) is 17.4 Å². The number of carbonyl (C=O) groups is 2. The number of piperidine rings is 1. The highest BCUT2D eigenvalue weighted by atomic mass is 16.2. The van der Waals surface area contributed by atoms with Crippen molar-refractivity contribution < 1.29 is 9.59 Å². The van der Waals surface area contributed by atoms with E-state index < -0.39 is 0 Å². The fourth-order valence-electron chi connectivity index (χ4n) is 5.00. The number of amides is 2. The molecule has 1 spiro atoms. The molecule has 9 nitrogen and oxygen atoms in total. The molecule has 6 rings (SSSR count). The number of rotatable bonds is 4. The van der Waals surface area contributed by atoms with Crippen molar-refractivity contribution in [2.45, 2.75) is 31.2 Å². The molecule has 0 radical (unpaired) electrons. The fraction of sp³-hybridized carbons (Fsp3) is 0.435. The number of aromatic nitrogens is 4. The summed E-state index contributed by atoms with van der Waals surface area (Å²) in [6.45, 7) is 2.14. The molecular formula is C23H25N7O2. The summed E-state index contributed by atoms with van der Waals surface area (Å²) < 4.78 is 1.74. The van der Waals surface area contributed by atoms with E-state index >= 15 is 0 Å². The van der Waals surface area contributed by atoms with Gasteiger partial charge < -0.3 is 20.1 Å². The first-order valence-electron chi connectivity index (χ1n) is 11.2. The van der Waals surface area contributed by atoms with E-state index in [0.717, 1.165) is 42.9 Å². The maximum atomic E-state index is 12.7. The van der Waals surface area contributed by atoms with Gasteiger partial charge in [0.15, 0.2) is 17.0 Å². The molecule has 2 aromatic heterocycles. The number of benzene rings is 1. The Labute approximate surface area is 185 Å². The lowest BCUT2D eigenvalue weighted by Crippen LogP contribution is -2.49. The molecule has 1 saturated carbocycles. The molecular weight excluding hydrogens is 406 g/mol. The molecule has 2 fully saturated rings. The van der Waals surface area contributed by atoms with E-state index in [1.54, 1.807) is 4.57 Å². The standard InChI is InChI=1S/C23H25N7O2/c1-29-18-17(27-20(29)22(32)24-12-14-6-7-14)19(26-13-25-18)30-10-8-23(9-11-30)16-5-3-2-4-15(16)21(31)28-23/h2-5,13-14H,6-12H2,1H3,(H,24,32)(H,28,31). The number of fused-ring (bicyclic) bond motifs is 3. The fourth-order valence-corrected chi connectivity index (χ4v) is 5.00. The summed E-state index contributed by atoms with van der Waals surface area (Å²) in [5.41, 5.74) is 2.82. The quantitative estimate of drug-likeness (QED) is 0.652. The average Bonchev–Trinajstić information content (AvgIpc) is 3.54. The second-order valence-electron chi connectivity index (χ2n) is 9.09. The molecule has 0 unspecified atom stereocenters. The molecule has 3 aromatic rings. The van der Waals surface area contributed by atoms with Crippen LogP contribution in [0.15, 0.2) is 30.6 Å². The first-order chi connectivity index (χ1) is 15.6. The monoisotopic (exact) mass is 431 g/mol. The van der Waals surface area contributed by atoms with E-state index in [4.69, 9.17) is 0 Å². The number of hydrogen-bond acceptors (Lipinski definition) is 6. The summed E-state index contributed by atoms with van der Waals surface area (Å²) in [6.07, 6.45) is 5.45. The van der Waals surface area contributed by atoms with Gasteiger partial charge >= 0.3 is 0 Å². The normalized spacial score (nSPS) is 19.3. The van der Waals surface area contributed by atoms with Gasteiger partial charge in [0.2, 0.25) is 5.82 Å². The molecule has 164 valence electrons. The Morgan fingerprint density at radius 3 is 2.78 bits per heavy atom. The number of imidazole rings is 1. The largest absolute Gasteiger partial charge is 0.354 e. The van der Waals surface area contributed by atoms with Gasteiger partial charge in [-0.2, -0.15) is 0 Å². The van der Waals surface area contributed by atoms with Crippen molar-refractivity contribution in [2.75, 3.05) is 24.5 Å². The zero-order valence-corrected chi connectivity index (χ0v) is 18.0. The van der Waals surface area contributed by atoms with Gasteiger partial charge in [0.1, 0.15) is 6.33 Å². The Balaban J connectivity index is 1.27. The molecule has 2 N–H and O–H groups in total. The molecule has 2 amide bonds. The zero-order valence-electron chi connectivity index (χ0n) is 18.0. The Morgan fingerprint density at radius 1 is 1.22 bits per heavy atom. The zero-order chi connectivity index (χ0) is 21.9. The Kier molecular flexibility index (Phi) is 4.21. The van der Waals surface area contributed by atoms with Gasteiger partial charge in [0.25, 0.3) is 11.8 Å². The highest BCUT2D eigenvalue weighted by Gasteiger charge is 2.45. The van der Waals surface area contributed by atoms with Gasteiger partial charge in [-0.3, -0.25) is 9.59 Å². The minimum absolute atomic E-state index is 0.00468. The van der Waals surface area contributed by atoms with E-state index in [9.17, 15) is 9.59 Å². The molecule has 1 aliphatic carbocycles. The van der Waals surface area contributed by atoms with Crippen molar-refractivity contribution in [3.8, 4) is 0 Å². The number of anilines is 1. The van der Waals surface area contributed by atoms with Gasteiger partial charge in [-0.1, -0.05) is 18.2 Å². The van der Waals surface area contributed by atoms with Crippen molar-refractivity contribution in [1.29, 1.82) is 0 Å². The lowest BCUT2D eigenvalue weighted by Gasteiger charge is -2.40. The highest BCUT2D eigenvalue weighted by molar-refractivity contribution is 6.00.